The summed E-state index contributed by atoms with van der Waals surface area (Å²) in [5.41, 5.74) is 28.7. The molecule has 4 aliphatic heterocycles. The zero-order chi connectivity index (χ0) is 65.1. The summed E-state index contributed by atoms with van der Waals surface area (Å²) in [6.07, 6.45) is 8.82. The Morgan fingerprint density at radius 2 is 0.869 bits per heavy atom. The molecule has 0 saturated heterocycles. The van der Waals surface area contributed by atoms with E-state index in [0.29, 0.717) is 0 Å². The van der Waals surface area contributed by atoms with Gasteiger partial charge in [0.1, 0.15) is 0 Å². The van der Waals surface area contributed by atoms with Crippen LogP contribution in [-0.4, -0.2) is 33.9 Å². The molecule has 464 valence electrons. The third kappa shape index (κ3) is 9.26. The van der Waals surface area contributed by atoms with E-state index in [2.05, 4.69) is 370 Å². The molecule has 1 aromatic heterocycles. The number of ether oxygens (including phenoxy) is 1. The second-order valence-electron chi connectivity index (χ2n) is 26.1. The average molecular weight is 1380 g/mol. The number of benzene rings is 14. The summed E-state index contributed by atoms with van der Waals surface area (Å²) in [6.45, 7) is -0.406. The molecule has 0 spiro atoms. The molecule has 14 aromatic carbocycles. The zero-order valence-corrected chi connectivity index (χ0v) is 56.4. The van der Waals surface area contributed by atoms with Crippen LogP contribution in [0.4, 0.5) is 85.3 Å². The van der Waals surface area contributed by atoms with Crippen molar-refractivity contribution in [1.82, 2.24) is 0 Å². The van der Waals surface area contributed by atoms with Crippen LogP contribution >= 0.6 is 0 Å². The normalized spacial score (nSPS) is 13.6. The van der Waals surface area contributed by atoms with Crippen LogP contribution in [0, 0.1) is 0 Å². The van der Waals surface area contributed by atoms with Crippen LogP contribution in [0.5, 0.6) is 11.5 Å². The molecule has 0 radical (unpaired) electrons. The van der Waals surface area contributed by atoms with Crippen molar-refractivity contribution in [3.63, 3.8) is 0 Å². The second-order valence-corrected chi connectivity index (χ2v) is 29.1. The first-order valence-corrected chi connectivity index (χ1v) is 36.6. The van der Waals surface area contributed by atoms with Crippen LogP contribution in [0.25, 0.3) is 34.3 Å². The molecule has 15 aromatic rings. The average Bonchev–Trinajstić information content (AvgIpc) is 0.992. The molecule has 1 aliphatic carbocycles. The molecule has 0 amide bonds. The molecule has 99 heavy (non-hydrogen) atoms. The Morgan fingerprint density at radius 1 is 0.343 bits per heavy atom. The Labute approximate surface area is 586 Å². The summed E-state index contributed by atoms with van der Waals surface area (Å²) in [7, 11) is 0. The number of para-hydroxylation sites is 8. The minimum atomic E-state index is -0.890. The van der Waals surface area contributed by atoms with Gasteiger partial charge < -0.3 is 0 Å². The van der Waals surface area contributed by atoms with Crippen LogP contribution in [-0.2, 0) is 0 Å². The van der Waals surface area contributed by atoms with Crippen LogP contribution in [0.3, 0.4) is 0 Å². The zero-order valence-electron chi connectivity index (χ0n) is 54.0. The van der Waals surface area contributed by atoms with Crippen molar-refractivity contribution in [2.75, 3.05) is 24.5 Å². The van der Waals surface area contributed by atoms with E-state index in [-0.39, 0.29) is 13.4 Å². The number of hydrogen-bond acceptors (Lipinski definition) is 6. The van der Waals surface area contributed by atoms with Gasteiger partial charge in [-0.05, 0) is 36.4 Å². The van der Waals surface area contributed by atoms with Gasteiger partial charge in [0.05, 0.1) is 0 Å². The van der Waals surface area contributed by atoms with Gasteiger partial charge in [0, 0.05) is 0 Å². The van der Waals surface area contributed by atoms with E-state index in [9.17, 15) is 0 Å². The summed E-state index contributed by atoms with van der Waals surface area (Å²) in [5.74, 6) is 1.68. The summed E-state index contributed by atoms with van der Waals surface area (Å²) in [6, 6.07) is 122. The quantitative estimate of drug-likeness (QED) is 0.120. The summed E-state index contributed by atoms with van der Waals surface area (Å²) in [5, 5.41) is 2.67. The van der Waals surface area contributed by atoms with Crippen molar-refractivity contribution in [2.24, 2.45) is 0 Å². The minimum absolute atomic E-state index is 0.195. The van der Waals surface area contributed by atoms with Crippen molar-refractivity contribution in [3.8, 4) is 22.6 Å². The van der Waals surface area contributed by atoms with Crippen molar-refractivity contribution in [2.45, 2.75) is 12.8 Å². The number of rotatable bonds is 11. The molecule has 0 bridgehead atoms. The number of anilines is 15. The standard InChI is InChI=1S/C90H61B2N5OTe/c1-7-30-60(31-8-1)68-42-19-24-48-76(68)94(64-38-15-5-16-39-64)66-54-82-88-83(55-66)97(80-52-29-45-71-70-44-21-28-53-87(70)99-90(71)80)81-59-85-75(58-74(81)91(88)73-47-23-27-51-79(73)96(82)77-49-25-20-43-69(77)61-32-9-2-10-33-61)92-72-46-22-26-50-78(72)95(65-40-17-6-18-41-65)84-56-67(57-86(98-85)89(84)92)93(62-34-11-3-12-35-62)63-36-13-4-14-37-63/h1-9,11-32,34-59H,10,33H2. The Bertz CT molecular complexity index is 5750. The Hall–Kier alpha value is -11.7. The van der Waals surface area contributed by atoms with Gasteiger partial charge >= 0.3 is 488 Å². The molecule has 20 rings (SSSR count). The van der Waals surface area contributed by atoms with Crippen LogP contribution in [0.1, 0.15) is 18.4 Å². The van der Waals surface area contributed by atoms with Gasteiger partial charge in [0.2, 0.25) is 0 Å². The van der Waals surface area contributed by atoms with E-state index in [0.717, 1.165) is 126 Å². The van der Waals surface area contributed by atoms with Gasteiger partial charge in [-0.2, -0.15) is 0 Å². The maximum absolute atomic E-state index is 7.92. The number of allylic oxidation sites excluding steroid dienone is 4. The first-order chi connectivity index (χ1) is 49.2. The molecule has 0 atom stereocenters. The van der Waals surface area contributed by atoms with Crippen molar-refractivity contribution in [1.29, 1.82) is 0 Å². The van der Waals surface area contributed by atoms with Crippen molar-refractivity contribution in [3.05, 3.63) is 351 Å². The van der Waals surface area contributed by atoms with Crippen molar-refractivity contribution < 1.29 is 4.74 Å². The van der Waals surface area contributed by atoms with Crippen LogP contribution < -0.4 is 62.0 Å². The topological polar surface area (TPSA) is 25.4 Å². The third-order valence-electron chi connectivity index (χ3n) is 20.7. The predicted molar refractivity (Wildman–Crippen MR) is 419 cm³/mol. The fraction of sp³-hybridized carbons (Fsp3) is 0.0222. The van der Waals surface area contributed by atoms with Gasteiger partial charge in [0.15, 0.2) is 0 Å². The first kappa shape index (κ1) is 57.5. The fourth-order valence-electron chi connectivity index (χ4n) is 16.6. The first-order valence-electron chi connectivity index (χ1n) is 34.3. The second kappa shape index (κ2) is 23.5. The molecule has 6 nitrogen and oxygen atoms in total. The van der Waals surface area contributed by atoms with Gasteiger partial charge in [-0.15, -0.1) is 0 Å². The van der Waals surface area contributed by atoms with Gasteiger partial charge in [0.25, 0.3) is 0 Å². The molecule has 5 aliphatic rings. The van der Waals surface area contributed by atoms with E-state index in [1.807, 2.05) is 0 Å². The number of fused-ring (bicyclic) bond motifs is 11. The summed E-state index contributed by atoms with van der Waals surface area (Å²) in [4.78, 5) is 12.7. The SMILES string of the molecule is C1=CCCC(c2ccccc2N2c3ccccc3B3c4cc5c(cc4N(c4cccc6c4[te]c4ccccc46)c4cc(N(c6ccccc6)c6ccccc6-c6ccccc6)cc2c43)Oc2cc(N(c3ccccc3)c3ccccc3)cc3c2B5c2ccccc2N3c2ccccc2)=C1. The molecule has 0 saturated carbocycles. The number of hydrogen-bond donors (Lipinski definition) is 0. The van der Waals surface area contributed by atoms with Gasteiger partial charge in [-0.25, -0.2) is 0 Å². The van der Waals surface area contributed by atoms with Crippen LogP contribution in [0.2, 0.25) is 0 Å². The molecule has 0 N–H and O–H groups in total. The van der Waals surface area contributed by atoms with E-state index >= 15 is 0 Å². The summed E-state index contributed by atoms with van der Waals surface area (Å²) < 4.78 is 10.8. The summed E-state index contributed by atoms with van der Waals surface area (Å²) >= 11 is -0.890. The molecular weight excluding hydrogens is 1320 g/mol. The maximum atomic E-state index is 7.92. The van der Waals surface area contributed by atoms with E-state index in [4.69, 9.17) is 4.74 Å². The van der Waals surface area contributed by atoms with Gasteiger partial charge in [-0.1, -0.05) is 66.7 Å². The molecular formula is C90H61B2N5OTe. The molecule has 0 fully saturated rings. The van der Waals surface area contributed by atoms with E-state index in [1.54, 1.807) is 0 Å². The monoisotopic (exact) mass is 1380 g/mol. The Kier molecular flexibility index (Phi) is 13.7. The van der Waals surface area contributed by atoms with Crippen LogP contribution in [0.15, 0.2) is 346 Å². The third-order valence-corrected chi connectivity index (χ3v) is 24.1. The van der Waals surface area contributed by atoms with E-state index < -0.39 is 20.4 Å². The van der Waals surface area contributed by atoms with Crippen molar-refractivity contribution >= 4 is 175 Å². The Morgan fingerprint density at radius 3 is 1.56 bits per heavy atom. The molecule has 9 heteroatoms. The predicted octanol–water partition coefficient (Wildman–Crippen LogP) is 19.9. The molecule has 0 unspecified atom stereocenters. The molecule has 5 heterocycles. The Balaban J connectivity index is 0.902. The number of nitrogens with zero attached hydrogens (tertiary/aromatic N) is 5. The van der Waals surface area contributed by atoms with Gasteiger partial charge in [-0.3, -0.25) is 0 Å². The fourth-order valence-corrected chi connectivity index (χ4v) is 20.0. The van der Waals surface area contributed by atoms with E-state index in [1.165, 1.54) is 56.3 Å².